The van der Waals surface area contributed by atoms with Crippen LogP contribution in [0.4, 0.5) is 0 Å². The maximum absolute atomic E-state index is 12.4. The Morgan fingerprint density at radius 2 is 1.59 bits per heavy atom. The quantitative estimate of drug-likeness (QED) is 0.735. The van der Waals surface area contributed by atoms with Gasteiger partial charge >= 0.3 is 0 Å². The number of carbonyl (C=O) groups excluding carboxylic acids is 1. The molecule has 0 aromatic heterocycles. The van der Waals surface area contributed by atoms with Crippen LogP contribution in [-0.4, -0.2) is 5.78 Å². The third-order valence-corrected chi connectivity index (χ3v) is 5.11. The molecule has 1 atom stereocenters. The van der Waals surface area contributed by atoms with E-state index in [1.807, 2.05) is 30.3 Å². The first kappa shape index (κ1) is 12.6. The number of hydrogen-bond acceptors (Lipinski definition) is 1. The van der Waals surface area contributed by atoms with E-state index in [9.17, 15) is 4.79 Å². The second kappa shape index (κ2) is 3.84. The van der Waals surface area contributed by atoms with Gasteiger partial charge in [0.05, 0.1) is 0 Å². The Kier molecular flexibility index (Phi) is 2.86. The van der Waals surface area contributed by atoms with E-state index in [2.05, 4.69) is 27.7 Å². The summed E-state index contributed by atoms with van der Waals surface area (Å²) in [5.74, 6) is 0.227. The van der Waals surface area contributed by atoms with E-state index in [1.54, 1.807) is 0 Å². The lowest BCUT2D eigenvalue weighted by atomic mass is 10.0. The number of hydrogen-bond donors (Lipinski definition) is 0. The Labute approximate surface area is 108 Å². The van der Waals surface area contributed by atoms with Gasteiger partial charge in [-0.3, -0.25) is 4.79 Å². The van der Waals surface area contributed by atoms with Crippen molar-refractivity contribution in [2.24, 2.45) is 16.7 Å². The molecular weight excluding hydrogens is 232 g/mol. The Balaban J connectivity index is 2.19. The Hall–Kier alpha value is -0.820. The van der Waals surface area contributed by atoms with E-state index in [1.165, 1.54) is 0 Å². The molecule has 0 aliphatic heterocycles. The summed E-state index contributed by atoms with van der Waals surface area (Å²) in [6.07, 6.45) is 0. The van der Waals surface area contributed by atoms with Crippen molar-refractivity contribution in [1.29, 1.82) is 0 Å². The number of Topliss-reactive ketones (excluding diaryl/α,β-unsaturated/α-hetero) is 1. The lowest BCUT2D eigenvalue weighted by Gasteiger charge is -2.10. The number of alkyl halides is 1. The minimum absolute atomic E-state index is 0.0615. The van der Waals surface area contributed by atoms with Crippen molar-refractivity contribution < 1.29 is 4.79 Å². The Bertz CT molecular complexity index is 419. The monoisotopic (exact) mass is 250 g/mol. The van der Waals surface area contributed by atoms with Crippen molar-refractivity contribution in [1.82, 2.24) is 0 Å². The van der Waals surface area contributed by atoms with E-state index >= 15 is 0 Å². The highest BCUT2D eigenvalue weighted by Gasteiger charge is 2.68. The van der Waals surface area contributed by atoms with Gasteiger partial charge in [0.1, 0.15) is 5.38 Å². The van der Waals surface area contributed by atoms with E-state index in [0.717, 1.165) is 5.56 Å². The highest BCUT2D eigenvalue weighted by Crippen LogP contribution is 2.69. The molecule has 1 aliphatic carbocycles. The van der Waals surface area contributed by atoms with Crippen molar-refractivity contribution >= 4 is 17.4 Å². The van der Waals surface area contributed by atoms with E-state index in [0.29, 0.717) is 0 Å². The Morgan fingerprint density at radius 1 is 1.12 bits per heavy atom. The molecule has 0 bridgehead atoms. The molecule has 1 fully saturated rings. The second-order valence-electron chi connectivity index (χ2n) is 6.05. The third-order valence-electron chi connectivity index (χ3n) is 4.65. The third kappa shape index (κ3) is 1.81. The summed E-state index contributed by atoms with van der Waals surface area (Å²) in [6.45, 7) is 8.57. The van der Waals surface area contributed by atoms with Crippen molar-refractivity contribution in [2.45, 2.75) is 33.1 Å². The molecule has 0 saturated heterocycles. The number of rotatable bonds is 3. The van der Waals surface area contributed by atoms with Gasteiger partial charge in [0, 0.05) is 5.92 Å². The number of halogens is 1. The number of ketones is 1. The molecule has 1 unspecified atom stereocenters. The SMILES string of the molecule is CC1(C)C(C(=O)C(Cl)c2ccccc2)C1(C)C. The first-order chi connectivity index (χ1) is 7.80. The molecular formula is C15H19ClO. The molecule has 17 heavy (non-hydrogen) atoms. The normalized spacial score (nSPS) is 23.1. The lowest BCUT2D eigenvalue weighted by Crippen LogP contribution is -2.13. The van der Waals surface area contributed by atoms with Crippen molar-refractivity contribution in [2.75, 3.05) is 0 Å². The highest BCUT2D eigenvalue weighted by molar-refractivity contribution is 6.31. The number of carbonyl (C=O) groups is 1. The van der Waals surface area contributed by atoms with E-state index in [-0.39, 0.29) is 22.5 Å². The molecule has 0 radical (unpaired) electrons. The fourth-order valence-electron chi connectivity index (χ4n) is 2.84. The summed E-state index contributed by atoms with van der Waals surface area (Å²) in [5, 5.41) is -0.512. The van der Waals surface area contributed by atoms with Crippen LogP contribution in [-0.2, 0) is 4.79 Å². The van der Waals surface area contributed by atoms with Gasteiger partial charge in [0.2, 0.25) is 0 Å². The summed E-state index contributed by atoms with van der Waals surface area (Å²) >= 11 is 6.30. The smallest absolute Gasteiger partial charge is 0.159 e. The molecule has 1 aromatic rings. The average molecular weight is 251 g/mol. The van der Waals surface area contributed by atoms with Crippen LogP contribution in [0.2, 0.25) is 0 Å². The molecule has 1 aromatic carbocycles. The van der Waals surface area contributed by atoms with Crippen LogP contribution in [0.5, 0.6) is 0 Å². The predicted molar refractivity (Wildman–Crippen MR) is 71.1 cm³/mol. The molecule has 0 spiro atoms. The van der Waals surface area contributed by atoms with Gasteiger partial charge < -0.3 is 0 Å². The first-order valence-corrected chi connectivity index (χ1v) is 6.46. The molecule has 1 aliphatic rings. The largest absolute Gasteiger partial charge is 0.297 e. The zero-order valence-electron chi connectivity index (χ0n) is 10.8. The van der Waals surface area contributed by atoms with Crippen molar-refractivity contribution in [3.05, 3.63) is 35.9 Å². The highest BCUT2D eigenvalue weighted by atomic mass is 35.5. The van der Waals surface area contributed by atoms with Crippen LogP contribution >= 0.6 is 11.6 Å². The van der Waals surface area contributed by atoms with Gasteiger partial charge in [-0.05, 0) is 16.4 Å². The average Bonchev–Trinajstić information content (AvgIpc) is 2.69. The Morgan fingerprint density at radius 3 is 2.00 bits per heavy atom. The van der Waals surface area contributed by atoms with Gasteiger partial charge in [-0.1, -0.05) is 58.0 Å². The predicted octanol–water partition coefficient (Wildman–Crippen LogP) is 4.22. The van der Waals surface area contributed by atoms with Crippen LogP contribution < -0.4 is 0 Å². The summed E-state index contributed by atoms with van der Waals surface area (Å²) in [5.41, 5.74) is 1.02. The van der Waals surface area contributed by atoms with Gasteiger partial charge in [0.15, 0.2) is 5.78 Å². The first-order valence-electron chi connectivity index (χ1n) is 6.03. The van der Waals surface area contributed by atoms with Gasteiger partial charge in [-0.25, -0.2) is 0 Å². The van der Waals surface area contributed by atoms with E-state index < -0.39 is 5.38 Å². The van der Waals surface area contributed by atoms with Gasteiger partial charge in [0.25, 0.3) is 0 Å². The minimum Gasteiger partial charge on any atom is -0.297 e. The second-order valence-corrected chi connectivity index (χ2v) is 6.49. The van der Waals surface area contributed by atoms with Gasteiger partial charge in [-0.15, -0.1) is 11.6 Å². The maximum Gasteiger partial charge on any atom is 0.159 e. The zero-order chi connectivity index (χ0) is 12.8. The molecule has 2 rings (SSSR count). The topological polar surface area (TPSA) is 17.1 Å². The molecule has 92 valence electrons. The zero-order valence-corrected chi connectivity index (χ0v) is 11.6. The molecule has 2 heteroatoms. The number of benzene rings is 1. The van der Waals surface area contributed by atoms with Crippen LogP contribution in [0.25, 0.3) is 0 Å². The summed E-state index contributed by atoms with van der Waals surface area (Å²) in [4.78, 5) is 12.4. The molecule has 1 saturated carbocycles. The lowest BCUT2D eigenvalue weighted by molar-refractivity contribution is -0.121. The molecule has 0 heterocycles. The standard InChI is InChI=1S/C15H19ClO/c1-14(2)13(15(14,3)4)12(17)11(16)10-8-6-5-7-9-10/h5-9,11,13H,1-4H3. The molecule has 1 nitrogen and oxygen atoms in total. The summed E-state index contributed by atoms with van der Waals surface area (Å²) in [7, 11) is 0. The van der Waals surface area contributed by atoms with Crippen LogP contribution in [0.1, 0.15) is 38.6 Å². The molecule has 0 N–H and O–H groups in total. The summed E-state index contributed by atoms with van der Waals surface area (Å²) < 4.78 is 0. The van der Waals surface area contributed by atoms with Crippen molar-refractivity contribution in [3.8, 4) is 0 Å². The maximum atomic E-state index is 12.4. The van der Waals surface area contributed by atoms with Gasteiger partial charge in [-0.2, -0.15) is 0 Å². The summed E-state index contributed by atoms with van der Waals surface area (Å²) in [6, 6.07) is 9.60. The van der Waals surface area contributed by atoms with Crippen LogP contribution in [0, 0.1) is 16.7 Å². The fourth-order valence-corrected chi connectivity index (χ4v) is 3.11. The fraction of sp³-hybridized carbons (Fsp3) is 0.533. The van der Waals surface area contributed by atoms with Crippen LogP contribution in [0.15, 0.2) is 30.3 Å². The van der Waals surface area contributed by atoms with Crippen LogP contribution in [0.3, 0.4) is 0 Å². The van der Waals surface area contributed by atoms with Crippen molar-refractivity contribution in [3.63, 3.8) is 0 Å². The minimum atomic E-state index is -0.512. The van der Waals surface area contributed by atoms with E-state index in [4.69, 9.17) is 11.6 Å². The molecule has 0 amide bonds.